The maximum atomic E-state index is 12.2. The molecular weight excluding hydrogens is 304 g/mol. The van der Waals surface area contributed by atoms with Crippen LogP contribution in [0.25, 0.3) is 0 Å². The van der Waals surface area contributed by atoms with E-state index in [0.717, 1.165) is 17.1 Å². The van der Waals surface area contributed by atoms with E-state index in [0.29, 0.717) is 5.56 Å². The first-order valence-corrected chi connectivity index (χ1v) is 8.24. The van der Waals surface area contributed by atoms with Gasteiger partial charge in [0.05, 0.1) is 10.9 Å². The first kappa shape index (κ1) is 16.3. The van der Waals surface area contributed by atoms with Gasteiger partial charge in [0.2, 0.25) is 10.0 Å². The van der Waals surface area contributed by atoms with Crippen molar-refractivity contribution in [1.82, 2.24) is 5.32 Å². The Bertz CT molecular complexity index is 791. The third kappa shape index (κ3) is 3.55. The zero-order chi connectivity index (χ0) is 16.5. The summed E-state index contributed by atoms with van der Waals surface area (Å²) in [5.41, 5.74) is 1.27. The van der Waals surface area contributed by atoms with Crippen molar-refractivity contribution in [3.63, 3.8) is 0 Å². The summed E-state index contributed by atoms with van der Waals surface area (Å²) in [5.74, 6) is 1.24. The Morgan fingerprint density at radius 3 is 2.27 bits per heavy atom. The predicted molar refractivity (Wildman–Crippen MR) is 81.9 cm³/mol. The smallest absolute Gasteiger partial charge is 0.251 e. The molecule has 0 unspecified atom stereocenters. The van der Waals surface area contributed by atoms with Crippen LogP contribution in [0, 0.1) is 13.8 Å². The molecule has 0 radical (unpaired) electrons. The van der Waals surface area contributed by atoms with E-state index in [2.05, 4.69) is 5.32 Å². The fraction of sp³-hybridized carbons (Fsp3) is 0.267. The molecule has 1 atom stereocenters. The van der Waals surface area contributed by atoms with Crippen LogP contribution in [0.3, 0.4) is 0 Å². The van der Waals surface area contributed by atoms with E-state index in [-0.39, 0.29) is 16.8 Å². The number of sulfonamides is 1. The number of primary sulfonamides is 1. The Morgan fingerprint density at radius 1 is 1.23 bits per heavy atom. The normalized spacial score (nSPS) is 12.9. The lowest BCUT2D eigenvalue weighted by molar-refractivity contribution is 0.0939. The number of amides is 1. The van der Waals surface area contributed by atoms with E-state index in [4.69, 9.17) is 9.56 Å². The van der Waals surface area contributed by atoms with E-state index in [1.165, 1.54) is 24.3 Å². The van der Waals surface area contributed by atoms with Crippen LogP contribution in [-0.2, 0) is 10.0 Å². The molecular formula is C15H18N2O4S. The second kappa shape index (κ2) is 5.94. The van der Waals surface area contributed by atoms with Gasteiger partial charge in [0.25, 0.3) is 5.91 Å². The Kier molecular flexibility index (Phi) is 4.39. The lowest BCUT2D eigenvalue weighted by Crippen LogP contribution is -2.26. The molecule has 0 spiro atoms. The largest absolute Gasteiger partial charge is 0.466 e. The zero-order valence-corrected chi connectivity index (χ0v) is 13.4. The van der Waals surface area contributed by atoms with Gasteiger partial charge in [0, 0.05) is 11.1 Å². The van der Waals surface area contributed by atoms with Crippen LogP contribution in [0.1, 0.15) is 40.4 Å². The molecule has 2 aromatic rings. The number of nitrogens with one attached hydrogen (secondary N) is 1. The molecule has 3 N–H and O–H groups in total. The molecule has 22 heavy (non-hydrogen) atoms. The van der Waals surface area contributed by atoms with Crippen molar-refractivity contribution in [2.45, 2.75) is 31.7 Å². The van der Waals surface area contributed by atoms with Crippen LogP contribution in [0.5, 0.6) is 0 Å². The van der Waals surface area contributed by atoms with Gasteiger partial charge in [-0.05, 0) is 51.1 Å². The number of benzene rings is 1. The van der Waals surface area contributed by atoms with Crippen LogP contribution in [0.4, 0.5) is 0 Å². The first-order valence-electron chi connectivity index (χ1n) is 6.69. The van der Waals surface area contributed by atoms with Gasteiger partial charge in [0.15, 0.2) is 0 Å². The summed E-state index contributed by atoms with van der Waals surface area (Å²) in [6, 6.07) is 7.13. The number of aryl methyl sites for hydroxylation is 2. The summed E-state index contributed by atoms with van der Waals surface area (Å²) in [7, 11) is -3.76. The summed E-state index contributed by atoms with van der Waals surface area (Å²) >= 11 is 0. The number of hydrogen-bond acceptors (Lipinski definition) is 4. The van der Waals surface area contributed by atoms with E-state index < -0.39 is 10.0 Å². The van der Waals surface area contributed by atoms with E-state index in [9.17, 15) is 13.2 Å². The van der Waals surface area contributed by atoms with E-state index in [1.54, 1.807) is 0 Å². The number of carbonyl (C=O) groups excluding carboxylic acids is 1. The third-order valence-electron chi connectivity index (χ3n) is 3.34. The number of hydrogen-bond donors (Lipinski definition) is 2. The maximum absolute atomic E-state index is 12.2. The molecule has 1 heterocycles. The highest BCUT2D eigenvalue weighted by atomic mass is 32.2. The SMILES string of the molecule is Cc1cc([C@H](C)NC(=O)c2ccc(S(N)(=O)=O)cc2)c(C)o1. The standard InChI is InChI=1S/C15H18N2O4S/c1-9-8-14(11(3)21-9)10(2)17-15(18)12-4-6-13(7-5-12)22(16,19)20/h4-8,10H,1-3H3,(H,17,18)(H2,16,19,20)/t10-/m0/s1. The fourth-order valence-corrected chi connectivity index (χ4v) is 2.75. The Morgan fingerprint density at radius 2 is 1.82 bits per heavy atom. The molecule has 0 saturated heterocycles. The number of nitrogens with two attached hydrogens (primary N) is 1. The molecule has 1 aromatic heterocycles. The van der Waals surface area contributed by atoms with Gasteiger partial charge in [-0.1, -0.05) is 0 Å². The lowest BCUT2D eigenvalue weighted by Gasteiger charge is -2.13. The van der Waals surface area contributed by atoms with Crippen molar-refractivity contribution in [3.05, 3.63) is 53.0 Å². The fourth-order valence-electron chi connectivity index (χ4n) is 2.23. The lowest BCUT2D eigenvalue weighted by atomic mass is 10.1. The molecule has 1 amide bonds. The highest BCUT2D eigenvalue weighted by Crippen LogP contribution is 2.21. The average Bonchev–Trinajstić information content (AvgIpc) is 2.77. The summed E-state index contributed by atoms with van der Waals surface area (Å²) in [5, 5.41) is 7.87. The van der Waals surface area contributed by atoms with Crippen molar-refractivity contribution in [1.29, 1.82) is 0 Å². The molecule has 0 fully saturated rings. The minimum absolute atomic E-state index is 0.0293. The maximum Gasteiger partial charge on any atom is 0.251 e. The minimum atomic E-state index is -3.76. The molecule has 2 rings (SSSR count). The number of carbonyl (C=O) groups is 1. The van der Waals surface area contributed by atoms with Crippen LogP contribution in [-0.4, -0.2) is 14.3 Å². The zero-order valence-electron chi connectivity index (χ0n) is 12.6. The highest BCUT2D eigenvalue weighted by molar-refractivity contribution is 7.89. The summed E-state index contributed by atoms with van der Waals surface area (Å²) in [6.45, 7) is 5.54. The van der Waals surface area contributed by atoms with Crippen LogP contribution < -0.4 is 10.5 Å². The van der Waals surface area contributed by atoms with Crippen molar-refractivity contribution in [2.24, 2.45) is 5.14 Å². The van der Waals surface area contributed by atoms with Crippen LogP contribution in [0.2, 0.25) is 0 Å². The Labute approximate surface area is 129 Å². The molecule has 0 aliphatic heterocycles. The van der Waals surface area contributed by atoms with Crippen molar-refractivity contribution >= 4 is 15.9 Å². The van der Waals surface area contributed by atoms with Crippen molar-refractivity contribution < 1.29 is 17.6 Å². The molecule has 7 heteroatoms. The number of furan rings is 1. The van der Waals surface area contributed by atoms with Gasteiger partial charge in [-0.15, -0.1) is 0 Å². The minimum Gasteiger partial charge on any atom is -0.466 e. The predicted octanol–water partition coefficient (Wildman–Crippen LogP) is 2.03. The van der Waals surface area contributed by atoms with E-state index >= 15 is 0 Å². The van der Waals surface area contributed by atoms with Gasteiger partial charge in [-0.25, -0.2) is 13.6 Å². The van der Waals surface area contributed by atoms with Gasteiger partial charge in [0.1, 0.15) is 11.5 Å². The Hall–Kier alpha value is -2.12. The second-order valence-corrected chi connectivity index (χ2v) is 6.69. The summed E-state index contributed by atoms with van der Waals surface area (Å²) in [4.78, 5) is 12.2. The third-order valence-corrected chi connectivity index (χ3v) is 4.27. The Balaban J connectivity index is 2.14. The van der Waals surface area contributed by atoms with Gasteiger partial charge < -0.3 is 9.73 Å². The van der Waals surface area contributed by atoms with Crippen LogP contribution in [0.15, 0.2) is 39.6 Å². The molecule has 118 valence electrons. The van der Waals surface area contributed by atoms with Crippen molar-refractivity contribution in [2.75, 3.05) is 0 Å². The topological polar surface area (TPSA) is 102 Å². The quantitative estimate of drug-likeness (QED) is 0.899. The second-order valence-electron chi connectivity index (χ2n) is 5.13. The molecule has 0 aliphatic rings. The first-order chi connectivity index (χ1) is 10.2. The molecule has 6 nitrogen and oxygen atoms in total. The molecule has 0 aliphatic carbocycles. The van der Waals surface area contributed by atoms with Crippen molar-refractivity contribution in [3.8, 4) is 0 Å². The highest BCUT2D eigenvalue weighted by Gasteiger charge is 2.16. The average molecular weight is 322 g/mol. The monoisotopic (exact) mass is 322 g/mol. The van der Waals surface area contributed by atoms with Gasteiger partial charge >= 0.3 is 0 Å². The number of rotatable bonds is 4. The molecule has 1 aromatic carbocycles. The van der Waals surface area contributed by atoms with E-state index in [1.807, 2.05) is 26.8 Å². The van der Waals surface area contributed by atoms with Crippen LogP contribution >= 0.6 is 0 Å². The molecule has 0 saturated carbocycles. The summed E-state index contributed by atoms with van der Waals surface area (Å²) < 4.78 is 27.8. The summed E-state index contributed by atoms with van der Waals surface area (Å²) in [6.07, 6.45) is 0. The molecule has 0 bridgehead atoms. The van der Waals surface area contributed by atoms with Gasteiger partial charge in [-0.2, -0.15) is 0 Å². The van der Waals surface area contributed by atoms with Gasteiger partial charge in [-0.3, -0.25) is 4.79 Å².